The van der Waals surface area contributed by atoms with Gasteiger partial charge in [-0.25, -0.2) is 0 Å². The summed E-state index contributed by atoms with van der Waals surface area (Å²) in [4.78, 5) is 40.7. The SMILES string of the molecule is CCN(CC)CCC[C@@H](C)NC(=O)c1ccc2c(c1O)C(=O)c1ccccc1C2=O. The zero-order chi connectivity index (χ0) is 21.8. The normalized spacial score (nSPS) is 13.7. The molecule has 0 unspecified atom stereocenters. The van der Waals surface area contributed by atoms with E-state index in [1.807, 2.05) is 6.92 Å². The van der Waals surface area contributed by atoms with E-state index in [0.29, 0.717) is 5.56 Å². The number of amides is 1. The third-order valence-corrected chi connectivity index (χ3v) is 5.69. The number of ketones is 2. The molecule has 1 aliphatic carbocycles. The molecule has 6 heteroatoms. The number of benzene rings is 2. The van der Waals surface area contributed by atoms with E-state index in [1.54, 1.807) is 24.3 Å². The number of rotatable bonds is 8. The largest absolute Gasteiger partial charge is 0.506 e. The van der Waals surface area contributed by atoms with Gasteiger partial charge in [-0.2, -0.15) is 0 Å². The molecule has 0 bridgehead atoms. The maximum Gasteiger partial charge on any atom is 0.255 e. The van der Waals surface area contributed by atoms with Crippen LogP contribution in [-0.4, -0.2) is 53.2 Å². The summed E-state index contributed by atoms with van der Waals surface area (Å²) in [6.07, 6.45) is 1.75. The van der Waals surface area contributed by atoms with Gasteiger partial charge < -0.3 is 15.3 Å². The lowest BCUT2D eigenvalue weighted by molar-refractivity contribution is 0.0932. The van der Waals surface area contributed by atoms with Gasteiger partial charge in [-0.3, -0.25) is 14.4 Å². The number of phenols is 1. The van der Waals surface area contributed by atoms with E-state index in [2.05, 4.69) is 24.1 Å². The molecule has 6 nitrogen and oxygen atoms in total. The molecule has 158 valence electrons. The van der Waals surface area contributed by atoms with Gasteiger partial charge in [-0.05, 0) is 51.5 Å². The summed E-state index contributed by atoms with van der Waals surface area (Å²) in [5, 5.41) is 13.6. The predicted octanol–water partition coefficient (Wildman–Crippen LogP) is 3.41. The highest BCUT2D eigenvalue weighted by atomic mass is 16.3. The highest BCUT2D eigenvalue weighted by molar-refractivity contribution is 6.30. The standard InChI is InChI=1S/C24H28N2O4/c1-4-26(5-2)14-8-9-15(3)25-24(30)19-13-12-18-20(23(19)29)22(28)17-11-7-6-10-16(17)21(18)27/h6-7,10-13,15,29H,4-5,8-9,14H2,1-3H3,(H,25,30)/t15-/m1/s1. The van der Waals surface area contributed by atoms with Gasteiger partial charge in [0.2, 0.25) is 0 Å². The first-order chi connectivity index (χ1) is 14.4. The van der Waals surface area contributed by atoms with Crippen molar-refractivity contribution in [2.24, 2.45) is 0 Å². The minimum atomic E-state index is -0.454. The van der Waals surface area contributed by atoms with Crippen LogP contribution < -0.4 is 5.32 Å². The molecular weight excluding hydrogens is 380 g/mol. The summed E-state index contributed by atoms with van der Waals surface area (Å²) in [7, 11) is 0. The summed E-state index contributed by atoms with van der Waals surface area (Å²) < 4.78 is 0. The van der Waals surface area contributed by atoms with Crippen LogP contribution in [0.1, 0.15) is 75.8 Å². The lowest BCUT2D eigenvalue weighted by atomic mass is 9.82. The monoisotopic (exact) mass is 408 g/mol. The molecule has 30 heavy (non-hydrogen) atoms. The van der Waals surface area contributed by atoms with Gasteiger partial charge in [0, 0.05) is 22.7 Å². The van der Waals surface area contributed by atoms with Crippen LogP contribution in [0.25, 0.3) is 0 Å². The Labute approximate surface area is 176 Å². The molecule has 3 rings (SSSR count). The summed E-state index contributed by atoms with van der Waals surface area (Å²) in [6.45, 7) is 9.12. The van der Waals surface area contributed by atoms with Crippen molar-refractivity contribution in [1.82, 2.24) is 10.2 Å². The Balaban J connectivity index is 1.76. The Bertz CT molecular complexity index is 979. The third kappa shape index (κ3) is 4.14. The smallest absolute Gasteiger partial charge is 0.255 e. The first kappa shape index (κ1) is 21.7. The van der Waals surface area contributed by atoms with Crippen LogP contribution in [0.2, 0.25) is 0 Å². The van der Waals surface area contributed by atoms with Crippen molar-refractivity contribution >= 4 is 17.5 Å². The Kier molecular flexibility index (Phi) is 6.67. The van der Waals surface area contributed by atoms with E-state index in [1.165, 1.54) is 12.1 Å². The Morgan fingerprint density at radius 1 is 1.00 bits per heavy atom. The molecule has 1 aliphatic rings. The molecule has 0 radical (unpaired) electrons. The molecule has 0 aromatic heterocycles. The van der Waals surface area contributed by atoms with Gasteiger partial charge in [0.25, 0.3) is 5.91 Å². The second-order valence-corrected chi connectivity index (χ2v) is 7.63. The van der Waals surface area contributed by atoms with Crippen molar-refractivity contribution in [3.05, 3.63) is 64.2 Å². The quantitative estimate of drug-likeness (QED) is 0.597. The summed E-state index contributed by atoms with van der Waals surface area (Å²) >= 11 is 0. The van der Waals surface area contributed by atoms with Gasteiger partial charge in [0.15, 0.2) is 11.6 Å². The van der Waals surface area contributed by atoms with Crippen LogP contribution in [0.15, 0.2) is 36.4 Å². The fourth-order valence-corrected chi connectivity index (χ4v) is 3.89. The van der Waals surface area contributed by atoms with Gasteiger partial charge >= 0.3 is 0 Å². The zero-order valence-corrected chi connectivity index (χ0v) is 17.7. The average Bonchev–Trinajstić information content (AvgIpc) is 2.74. The molecule has 0 fully saturated rings. The van der Waals surface area contributed by atoms with Crippen LogP contribution in [0.5, 0.6) is 5.75 Å². The number of hydrogen-bond donors (Lipinski definition) is 2. The Morgan fingerprint density at radius 2 is 1.63 bits per heavy atom. The summed E-state index contributed by atoms with van der Waals surface area (Å²) in [5.74, 6) is -1.66. The number of phenolic OH excluding ortho intramolecular Hbond substituents is 1. The molecule has 1 atom stereocenters. The van der Waals surface area contributed by atoms with E-state index in [-0.39, 0.29) is 34.1 Å². The van der Waals surface area contributed by atoms with Crippen molar-refractivity contribution in [3.8, 4) is 5.75 Å². The lowest BCUT2D eigenvalue weighted by Crippen LogP contribution is -2.34. The fraction of sp³-hybridized carbons (Fsp3) is 0.375. The number of carbonyl (C=O) groups excluding carboxylic acids is 3. The number of aromatic hydroxyl groups is 1. The van der Waals surface area contributed by atoms with E-state index < -0.39 is 17.4 Å². The Morgan fingerprint density at radius 3 is 2.27 bits per heavy atom. The minimum Gasteiger partial charge on any atom is -0.506 e. The van der Waals surface area contributed by atoms with Gasteiger partial charge in [0.1, 0.15) is 5.75 Å². The molecule has 0 saturated carbocycles. The number of nitrogens with one attached hydrogen (secondary N) is 1. The molecular formula is C24H28N2O4. The van der Waals surface area contributed by atoms with Crippen molar-refractivity contribution in [3.63, 3.8) is 0 Å². The predicted molar refractivity (Wildman–Crippen MR) is 115 cm³/mol. The zero-order valence-electron chi connectivity index (χ0n) is 17.7. The second-order valence-electron chi connectivity index (χ2n) is 7.63. The summed E-state index contributed by atoms with van der Waals surface area (Å²) in [5.41, 5.74) is 0.589. The molecule has 2 N–H and O–H groups in total. The van der Waals surface area contributed by atoms with Crippen LogP contribution in [0, 0.1) is 0 Å². The molecule has 0 aliphatic heterocycles. The minimum absolute atomic E-state index is 0.00451. The maximum atomic E-state index is 12.9. The molecule has 0 spiro atoms. The van der Waals surface area contributed by atoms with E-state index in [9.17, 15) is 19.5 Å². The first-order valence-corrected chi connectivity index (χ1v) is 10.5. The number of hydrogen-bond acceptors (Lipinski definition) is 5. The Hall–Kier alpha value is -2.99. The number of carbonyl (C=O) groups is 3. The van der Waals surface area contributed by atoms with Crippen molar-refractivity contribution < 1.29 is 19.5 Å². The molecule has 0 heterocycles. The van der Waals surface area contributed by atoms with Crippen LogP contribution in [0.4, 0.5) is 0 Å². The highest BCUT2D eigenvalue weighted by Crippen LogP contribution is 2.34. The number of fused-ring (bicyclic) bond motifs is 2. The average molecular weight is 408 g/mol. The summed E-state index contributed by atoms with van der Waals surface area (Å²) in [6, 6.07) is 9.29. The highest BCUT2D eigenvalue weighted by Gasteiger charge is 2.33. The van der Waals surface area contributed by atoms with E-state index >= 15 is 0 Å². The van der Waals surface area contributed by atoms with Crippen molar-refractivity contribution in [1.29, 1.82) is 0 Å². The van der Waals surface area contributed by atoms with Gasteiger partial charge in [-0.1, -0.05) is 38.1 Å². The molecule has 1 amide bonds. The first-order valence-electron chi connectivity index (χ1n) is 10.5. The molecule has 2 aromatic carbocycles. The number of nitrogens with zero attached hydrogens (tertiary/aromatic N) is 1. The van der Waals surface area contributed by atoms with Crippen molar-refractivity contribution in [2.75, 3.05) is 19.6 Å². The molecule has 0 saturated heterocycles. The fourth-order valence-electron chi connectivity index (χ4n) is 3.89. The van der Waals surface area contributed by atoms with E-state index in [4.69, 9.17) is 0 Å². The van der Waals surface area contributed by atoms with Crippen LogP contribution in [-0.2, 0) is 0 Å². The molecule has 2 aromatic rings. The third-order valence-electron chi connectivity index (χ3n) is 5.69. The van der Waals surface area contributed by atoms with Gasteiger partial charge in [-0.15, -0.1) is 0 Å². The van der Waals surface area contributed by atoms with Crippen molar-refractivity contribution in [2.45, 2.75) is 39.7 Å². The van der Waals surface area contributed by atoms with Gasteiger partial charge in [0.05, 0.1) is 11.1 Å². The maximum absolute atomic E-state index is 12.9. The lowest BCUT2D eigenvalue weighted by Gasteiger charge is -2.21. The second kappa shape index (κ2) is 9.22. The topological polar surface area (TPSA) is 86.7 Å². The van der Waals surface area contributed by atoms with Crippen LogP contribution >= 0.6 is 0 Å². The van der Waals surface area contributed by atoms with Crippen LogP contribution in [0.3, 0.4) is 0 Å². The van der Waals surface area contributed by atoms with E-state index in [0.717, 1.165) is 32.5 Å².